The van der Waals surface area contributed by atoms with E-state index >= 15 is 0 Å². The Morgan fingerprint density at radius 3 is 2.79 bits per heavy atom. The summed E-state index contributed by atoms with van der Waals surface area (Å²) < 4.78 is 18.5. The van der Waals surface area contributed by atoms with Crippen LogP contribution < -0.4 is 0 Å². The topological polar surface area (TPSA) is 53.7 Å². The molecule has 4 nitrogen and oxygen atoms in total. The van der Waals surface area contributed by atoms with E-state index in [1.165, 1.54) is 18.2 Å². The highest BCUT2D eigenvalue weighted by Gasteiger charge is 2.24. The fraction of sp³-hybridized carbons (Fsp3) is 0.357. The number of halogens is 1. The van der Waals surface area contributed by atoms with E-state index in [0.29, 0.717) is 36.9 Å². The molecule has 0 unspecified atom stereocenters. The van der Waals surface area contributed by atoms with Gasteiger partial charge in [0.05, 0.1) is 6.10 Å². The van der Waals surface area contributed by atoms with Crippen LogP contribution in [0.5, 0.6) is 0 Å². The molecule has 5 heteroatoms. The number of hydrogen-bond acceptors (Lipinski definition) is 3. The Bertz CT molecular complexity index is 614. The molecule has 0 bridgehead atoms. The number of hydrogen-bond donors (Lipinski definition) is 1. The second-order valence-corrected chi connectivity index (χ2v) is 4.82. The zero-order chi connectivity index (χ0) is 13.4. The summed E-state index contributed by atoms with van der Waals surface area (Å²) in [5.41, 5.74) is 0.502. The fourth-order valence-corrected chi connectivity index (χ4v) is 2.34. The normalized spacial score (nSPS) is 17.1. The molecule has 1 amide bonds. The Morgan fingerprint density at radius 1 is 1.32 bits per heavy atom. The minimum absolute atomic E-state index is 0.205. The average Bonchev–Trinajstić information content (AvgIpc) is 2.81. The molecule has 0 atom stereocenters. The maximum Gasteiger partial charge on any atom is 0.289 e. The molecule has 0 radical (unpaired) electrons. The molecule has 1 aliphatic heterocycles. The minimum atomic E-state index is -0.353. The first kappa shape index (κ1) is 12.2. The van der Waals surface area contributed by atoms with E-state index in [1.54, 1.807) is 11.0 Å². The second-order valence-electron chi connectivity index (χ2n) is 4.82. The molecule has 1 saturated heterocycles. The van der Waals surface area contributed by atoms with Gasteiger partial charge >= 0.3 is 0 Å². The SMILES string of the molecule is O=C(c1cc2cc(F)ccc2o1)N1CCC(O)CC1. The van der Waals surface area contributed by atoms with Crippen molar-refractivity contribution < 1.29 is 18.7 Å². The van der Waals surface area contributed by atoms with Gasteiger partial charge in [0.2, 0.25) is 0 Å². The van der Waals surface area contributed by atoms with Crippen molar-refractivity contribution in [1.82, 2.24) is 4.90 Å². The third-order valence-electron chi connectivity index (χ3n) is 3.44. The highest BCUT2D eigenvalue weighted by molar-refractivity contribution is 5.96. The first-order chi connectivity index (χ1) is 9.13. The van der Waals surface area contributed by atoms with E-state index in [4.69, 9.17) is 4.42 Å². The Morgan fingerprint density at radius 2 is 2.05 bits per heavy atom. The van der Waals surface area contributed by atoms with Gasteiger partial charge in [-0.05, 0) is 37.1 Å². The van der Waals surface area contributed by atoms with Crippen LogP contribution in [0.15, 0.2) is 28.7 Å². The van der Waals surface area contributed by atoms with Crippen molar-refractivity contribution in [3.8, 4) is 0 Å². The summed E-state index contributed by atoms with van der Waals surface area (Å²) >= 11 is 0. The molecular formula is C14H14FNO3. The third-order valence-corrected chi connectivity index (χ3v) is 3.44. The number of carbonyl (C=O) groups is 1. The van der Waals surface area contributed by atoms with Crippen LogP contribution in [0.2, 0.25) is 0 Å². The zero-order valence-corrected chi connectivity index (χ0v) is 10.3. The summed E-state index contributed by atoms with van der Waals surface area (Å²) in [7, 11) is 0. The molecule has 2 heterocycles. The van der Waals surface area contributed by atoms with Gasteiger partial charge in [-0.3, -0.25) is 4.79 Å². The highest BCUT2D eigenvalue weighted by Crippen LogP contribution is 2.22. The number of likely N-dealkylation sites (tertiary alicyclic amines) is 1. The minimum Gasteiger partial charge on any atom is -0.451 e. The molecule has 0 spiro atoms. The molecule has 3 rings (SSSR count). The van der Waals surface area contributed by atoms with Crippen molar-refractivity contribution in [3.63, 3.8) is 0 Å². The van der Waals surface area contributed by atoms with Gasteiger partial charge in [-0.1, -0.05) is 0 Å². The predicted octanol–water partition coefficient (Wildman–Crippen LogP) is 2.17. The van der Waals surface area contributed by atoms with Crippen LogP contribution >= 0.6 is 0 Å². The lowest BCUT2D eigenvalue weighted by Gasteiger charge is -2.28. The zero-order valence-electron chi connectivity index (χ0n) is 10.3. The average molecular weight is 263 g/mol. The number of aliphatic hydroxyl groups excluding tert-OH is 1. The number of furan rings is 1. The molecular weight excluding hydrogens is 249 g/mol. The number of amides is 1. The van der Waals surface area contributed by atoms with Crippen LogP contribution in [0.1, 0.15) is 23.4 Å². The van der Waals surface area contributed by atoms with Crippen molar-refractivity contribution in [3.05, 3.63) is 35.8 Å². The fourth-order valence-electron chi connectivity index (χ4n) is 2.34. The number of rotatable bonds is 1. The second kappa shape index (κ2) is 4.66. The van der Waals surface area contributed by atoms with E-state index in [1.807, 2.05) is 0 Å². The van der Waals surface area contributed by atoms with E-state index in [-0.39, 0.29) is 23.6 Å². The molecule has 100 valence electrons. The van der Waals surface area contributed by atoms with Crippen LogP contribution in [0.4, 0.5) is 4.39 Å². The van der Waals surface area contributed by atoms with Crippen LogP contribution in [-0.4, -0.2) is 35.1 Å². The number of piperidine rings is 1. The molecule has 1 aliphatic rings. The highest BCUT2D eigenvalue weighted by atomic mass is 19.1. The Kier molecular flexibility index (Phi) is 2.98. The molecule has 19 heavy (non-hydrogen) atoms. The Hall–Kier alpha value is -1.88. The summed E-state index contributed by atoms with van der Waals surface area (Å²) in [4.78, 5) is 13.9. The van der Waals surface area contributed by atoms with Crippen molar-refractivity contribution in [2.24, 2.45) is 0 Å². The molecule has 0 saturated carbocycles. The van der Waals surface area contributed by atoms with E-state index < -0.39 is 0 Å². The Balaban J connectivity index is 1.85. The quantitative estimate of drug-likeness (QED) is 0.857. The van der Waals surface area contributed by atoms with Crippen molar-refractivity contribution >= 4 is 16.9 Å². The lowest BCUT2D eigenvalue weighted by atomic mass is 10.1. The summed E-state index contributed by atoms with van der Waals surface area (Å²) in [5.74, 6) is -0.339. The third kappa shape index (κ3) is 2.33. The number of aliphatic hydroxyl groups is 1. The van der Waals surface area contributed by atoms with Crippen LogP contribution in [0, 0.1) is 5.82 Å². The summed E-state index contributed by atoms with van der Waals surface area (Å²) in [5, 5.41) is 10.0. The van der Waals surface area contributed by atoms with Gasteiger partial charge in [0.15, 0.2) is 5.76 Å². The van der Waals surface area contributed by atoms with Gasteiger partial charge in [0.25, 0.3) is 5.91 Å². The van der Waals surface area contributed by atoms with E-state index in [2.05, 4.69) is 0 Å². The van der Waals surface area contributed by atoms with Gasteiger partial charge in [0, 0.05) is 18.5 Å². The number of nitrogens with zero attached hydrogens (tertiary/aromatic N) is 1. The van der Waals surface area contributed by atoms with Crippen LogP contribution in [-0.2, 0) is 0 Å². The maximum absolute atomic E-state index is 13.1. The van der Waals surface area contributed by atoms with Crippen molar-refractivity contribution in [2.45, 2.75) is 18.9 Å². The summed E-state index contributed by atoms with van der Waals surface area (Å²) in [6, 6.07) is 5.72. The Labute approximate surface area is 109 Å². The monoisotopic (exact) mass is 263 g/mol. The van der Waals surface area contributed by atoms with E-state index in [9.17, 15) is 14.3 Å². The largest absolute Gasteiger partial charge is 0.451 e. The molecule has 2 aromatic rings. The van der Waals surface area contributed by atoms with Gasteiger partial charge in [0.1, 0.15) is 11.4 Å². The van der Waals surface area contributed by atoms with Crippen molar-refractivity contribution in [2.75, 3.05) is 13.1 Å². The predicted molar refractivity (Wildman–Crippen MR) is 67.3 cm³/mol. The summed E-state index contributed by atoms with van der Waals surface area (Å²) in [6.07, 6.45) is 0.843. The van der Waals surface area contributed by atoms with Gasteiger partial charge in [-0.15, -0.1) is 0 Å². The number of fused-ring (bicyclic) bond motifs is 1. The van der Waals surface area contributed by atoms with Gasteiger partial charge in [-0.2, -0.15) is 0 Å². The molecule has 1 aromatic heterocycles. The maximum atomic E-state index is 13.1. The first-order valence-corrected chi connectivity index (χ1v) is 6.30. The lowest BCUT2D eigenvalue weighted by Crippen LogP contribution is -2.39. The standard InChI is InChI=1S/C14H14FNO3/c15-10-1-2-12-9(7-10)8-13(19-12)14(18)16-5-3-11(17)4-6-16/h1-2,7-8,11,17H,3-6H2. The molecule has 1 fully saturated rings. The van der Waals surface area contributed by atoms with Gasteiger partial charge in [-0.25, -0.2) is 4.39 Å². The number of benzene rings is 1. The van der Waals surface area contributed by atoms with Crippen molar-refractivity contribution in [1.29, 1.82) is 0 Å². The van der Waals surface area contributed by atoms with Crippen LogP contribution in [0.25, 0.3) is 11.0 Å². The summed E-state index contributed by atoms with van der Waals surface area (Å²) in [6.45, 7) is 1.04. The van der Waals surface area contributed by atoms with E-state index in [0.717, 1.165) is 0 Å². The smallest absolute Gasteiger partial charge is 0.289 e. The number of carbonyl (C=O) groups excluding carboxylic acids is 1. The van der Waals surface area contributed by atoms with Crippen LogP contribution in [0.3, 0.4) is 0 Å². The van der Waals surface area contributed by atoms with Gasteiger partial charge < -0.3 is 14.4 Å². The lowest BCUT2D eigenvalue weighted by molar-refractivity contribution is 0.0522. The molecule has 1 N–H and O–H groups in total. The molecule has 0 aliphatic carbocycles. The first-order valence-electron chi connectivity index (χ1n) is 6.30. The molecule has 1 aromatic carbocycles.